The normalized spacial score (nSPS) is 20.8. The molecule has 0 aliphatic carbocycles. The zero-order valence-corrected chi connectivity index (χ0v) is 16.3. The lowest BCUT2D eigenvalue weighted by Gasteiger charge is -2.31. The van der Waals surface area contributed by atoms with Gasteiger partial charge < -0.3 is 25.3 Å². The van der Waals surface area contributed by atoms with Crippen LogP contribution >= 0.6 is 0 Å². The summed E-state index contributed by atoms with van der Waals surface area (Å²) in [7, 11) is 3.00. The zero-order chi connectivity index (χ0) is 20.0. The lowest BCUT2D eigenvalue weighted by atomic mass is 9.95. The average molecular weight is 378 g/mol. The van der Waals surface area contributed by atoms with Crippen LogP contribution in [-0.4, -0.2) is 47.9 Å². The molecule has 0 spiro atoms. The number of rotatable bonds is 7. The molecule has 1 aromatic rings. The number of likely N-dealkylation sites (N-methyl/N-ethyl adjacent to an activating group) is 1. The van der Waals surface area contributed by atoms with Gasteiger partial charge in [-0.25, -0.2) is 5.84 Å². The number of aliphatic hydroxyl groups is 1. The Labute approximate surface area is 160 Å². The number of aliphatic hydroxyl groups excluding tert-OH is 1. The maximum atomic E-state index is 11.5. The summed E-state index contributed by atoms with van der Waals surface area (Å²) in [5.74, 6) is 5.46. The van der Waals surface area contributed by atoms with Crippen LogP contribution < -0.4 is 11.6 Å². The minimum Gasteiger partial charge on any atom is -0.469 e. The molecule has 2 atom stereocenters. The number of hydrogen-bond donors (Lipinski definition) is 3. The van der Waals surface area contributed by atoms with Gasteiger partial charge in [-0.2, -0.15) is 0 Å². The number of aryl methyl sites for hydroxylation is 1. The van der Waals surface area contributed by atoms with Crippen molar-refractivity contribution >= 4 is 11.7 Å². The predicted molar refractivity (Wildman–Crippen MR) is 102 cm³/mol. The van der Waals surface area contributed by atoms with Gasteiger partial charge in [-0.15, -0.1) is 0 Å². The standard InChI is InChI=1S/C19H30N4O4/c1-4-14-13(17-7-5-6-12(27-17)10-18(25)26-3)8-9-15(22-14)19(20)16(11-24)23(2)21/h8-9,12,17,24H,4-7,10-11,20-21H2,1-3H3/b19-16-. The lowest BCUT2D eigenvalue weighted by molar-refractivity contribution is -0.147. The van der Waals surface area contributed by atoms with Gasteiger partial charge in [0, 0.05) is 18.3 Å². The number of aromatic nitrogens is 1. The minimum absolute atomic E-state index is 0.107. The van der Waals surface area contributed by atoms with Crippen molar-refractivity contribution < 1.29 is 19.4 Å². The monoisotopic (exact) mass is 378 g/mol. The van der Waals surface area contributed by atoms with Crippen molar-refractivity contribution in [3.63, 3.8) is 0 Å². The van der Waals surface area contributed by atoms with Crippen LogP contribution in [-0.2, 0) is 20.7 Å². The minimum atomic E-state index is -0.273. The van der Waals surface area contributed by atoms with E-state index in [4.69, 9.17) is 21.1 Å². The molecule has 0 saturated carbocycles. The number of ether oxygens (including phenoxy) is 2. The third kappa shape index (κ3) is 5.18. The van der Waals surface area contributed by atoms with Crippen LogP contribution in [0.5, 0.6) is 0 Å². The molecular weight excluding hydrogens is 348 g/mol. The van der Waals surface area contributed by atoms with Crippen LogP contribution in [0.2, 0.25) is 0 Å². The molecular formula is C19H30N4O4. The summed E-state index contributed by atoms with van der Waals surface area (Å²) in [5.41, 5.74) is 9.36. The Balaban J connectivity index is 2.27. The van der Waals surface area contributed by atoms with Crippen molar-refractivity contribution in [3.05, 3.63) is 34.8 Å². The molecule has 0 bridgehead atoms. The largest absolute Gasteiger partial charge is 0.469 e. The second kappa shape index (κ2) is 9.68. The highest BCUT2D eigenvalue weighted by atomic mass is 16.5. The number of methoxy groups -OCH3 is 1. The molecule has 0 radical (unpaired) electrons. The Morgan fingerprint density at radius 3 is 2.78 bits per heavy atom. The highest BCUT2D eigenvalue weighted by Crippen LogP contribution is 2.34. The molecule has 1 aliphatic heterocycles. The molecule has 1 aromatic heterocycles. The second-order valence-corrected chi connectivity index (χ2v) is 6.67. The molecule has 2 unspecified atom stereocenters. The van der Waals surface area contributed by atoms with Gasteiger partial charge in [0.2, 0.25) is 0 Å². The summed E-state index contributed by atoms with van der Waals surface area (Å²) in [6.07, 6.45) is 3.43. The zero-order valence-electron chi connectivity index (χ0n) is 16.3. The highest BCUT2D eigenvalue weighted by Gasteiger charge is 2.27. The number of pyridine rings is 1. The number of carbonyl (C=O) groups excluding carboxylic acids is 1. The third-order valence-corrected chi connectivity index (χ3v) is 4.82. The molecule has 2 heterocycles. The van der Waals surface area contributed by atoms with Crippen LogP contribution in [0.25, 0.3) is 5.70 Å². The molecule has 2 rings (SSSR count). The van der Waals surface area contributed by atoms with Crippen LogP contribution in [0.1, 0.15) is 55.7 Å². The van der Waals surface area contributed by atoms with Gasteiger partial charge in [0.05, 0.1) is 49.4 Å². The summed E-state index contributed by atoms with van der Waals surface area (Å²) in [5, 5.41) is 10.8. The quantitative estimate of drug-likeness (QED) is 0.368. The van der Waals surface area contributed by atoms with Gasteiger partial charge in [-0.3, -0.25) is 9.78 Å². The summed E-state index contributed by atoms with van der Waals surface area (Å²) in [4.78, 5) is 16.2. The Hall–Kier alpha value is -2.16. The Bertz CT molecular complexity index is 690. The molecule has 8 nitrogen and oxygen atoms in total. The molecule has 150 valence electrons. The number of nitrogens with zero attached hydrogens (tertiary/aromatic N) is 2. The summed E-state index contributed by atoms with van der Waals surface area (Å²) in [6.45, 7) is 1.75. The molecule has 1 aliphatic rings. The Morgan fingerprint density at radius 2 is 2.19 bits per heavy atom. The fourth-order valence-corrected chi connectivity index (χ4v) is 3.32. The van der Waals surface area contributed by atoms with E-state index in [-0.39, 0.29) is 31.2 Å². The van der Waals surface area contributed by atoms with E-state index >= 15 is 0 Å². The van der Waals surface area contributed by atoms with Crippen LogP contribution in [0, 0.1) is 0 Å². The molecule has 5 N–H and O–H groups in total. The molecule has 27 heavy (non-hydrogen) atoms. The molecule has 0 amide bonds. The van der Waals surface area contributed by atoms with Gasteiger partial charge in [0.15, 0.2) is 0 Å². The average Bonchev–Trinajstić information content (AvgIpc) is 2.67. The Morgan fingerprint density at radius 1 is 1.44 bits per heavy atom. The van der Waals surface area contributed by atoms with Gasteiger partial charge >= 0.3 is 5.97 Å². The predicted octanol–water partition coefficient (Wildman–Crippen LogP) is 1.24. The highest BCUT2D eigenvalue weighted by molar-refractivity contribution is 5.69. The summed E-state index contributed by atoms with van der Waals surface area (Å²) in [6, 6.07) is 3.78. The van der Waals surface area contributed by atoms with E-state index in [1.807, 2.05) is 19.1 Å². The lowest BCUT2D eigenvalue weighted by Crippen LogP contribution is -2.30. The van der Waals surface area contributed by atoms with Gasteiger partial charge in [0.25, 0.3) is 0 Å². The molecule has 8 heteroatoms. The maximum absolute atomic E-state index is 11.5. The van der Waals surface area contributed by atoms with Crippen molar-refractivity contribution in [1.82, 2.24) is 9.99 Å². The third-order valence-electron chi connectivity index (χ3n) is 4.82. The molecule has 1 saturated heterocycles. The maximum Gasteiger partial charge on any atom is 0.308 e. The van der Waals surface area contributed by atoms with Crippen molar-refractivity contribution in [2.45, 2.75) is 51.2 Å². The first kappa shape index (κ1) is 21.1. The van der Waals surface area contributed by atoms with Crippen LogP contribution in [0.15, 0.2) is 17.8 Å². The SMILES string of the molecule is CCc1nc(/C(N)=C(\CO)N(C)N)ccc1C1CCCC(CC(=O)OC)O1. The fourth-order valence-electron chi connectivity index (χ4n) is 3.32. The number of hydrogen-bond acceptors (Lipinski definition) is 8. The molecule has 1 fully saturated rings. The fraction of sp³-hybridized carbons (Fsp3) is 0.579. The number of esters is 1. The topological polar surface area (TPSA) is 124 Å². The molecule has 0 aromatic carbocycles. The first-order chi connectivity index (χ1) is 12.9. The van der Waals surface area contributed by atoms with Crippen molar-refractivity contribution in [3.8, 4) is 0 Å². The van der Waals surface area contributed by atoms with E-state index < -0.39 is 0 Å². The van der Waals surface area contributed by atoms with Crippen LogP contribution in [0.3, 0.4) is 0 Å². The van der Waals surface area contributed by atoms with Gasteiger partial charge in [0.1, 0.15) is 0 Å². The number of nitrogens with two attached hydrogens (primary N) is 2. The first-order valence-corrected chi connectivity index (χ1v) is 9.21. The number of hydrazine groups is 1. The second-order valence-electron chi connectivity index (χ2n) is 6.67. The van der Waals surface area contributed by atoms with E-state index in [9.17, 15) is 9.90 Å². The van der Waals surface area contributed by atoms with E-state index in [0.29, 0.717) is 23.5 Å². The van der Waals surface area contributed by atoms with E-state index in [0.717, 1.165) is 30.5 Å². The van der Waals surface area contributed by atoms with Crippen molar-refractivity contribution in [2.75, 3.05) is 20.8 Å². The summed E-state index contributed by atoms with van der Waals surface area (Å²) < 4.78 is 10.9. The first-order valence-electron chi connectivity index (χ1n) is 9.21. The van der Waals surface area contributed by atoms with Crippen LogP contribution in [0.4, 0.5) is 0 Å². The smallest absolute Gasteiger partial charge is 0.308 e. The summed E-state index contributed by atoms with van der Waals surface area (Å²) >= 11 is 0. The Kier molecular flexibility index (Phi) is 7.58. The van der Waals surface area contributed by atoms with Crippen molar-refractivity contribution in [1.29, 1.82) is 0 Å². The van der Waals surface area contributed by atoms with E-state index in [1.54, 1.807) is 7.05 Å². The van der Waals surface area contributed by atoms with Crippen molar-refractivity contribution in [2.24, 2.45) is 11.6 Å². The van der Waals surface area contributed by atoms with E-state index in [1.165, 1.54) is 12.1 Å². The van der Waals surface area contributed by atoms with E-state index in [2.05, 4.69) is 4.98 Å². The number of carbonyl (C=O) groups is 1. The van der Waals surface area contributed by atoms with Gasteiger partial charge in [-0.1, -0.05) is 13.0 Å². The van der Waals surface area contributed by atoms with Gasteiger partial charge in [-0.05, 0) is 31.7 Å².